The molecule has 0 fully saturated rings. The standard InChI is InChI=1S/C34H35N2SSi.C15H16N.Ir/c1-21(2)24-12-10-13-25(22(3)4)32(24)36-30-17-9-8-16-29(30)35-34(36)28-15-11-14-27-26-19-18-23(38(5,6)7)20-31(26)37-33(27)28;1-11(2)14-9-15(16-10-12(14)3)13-7-5-4-6-8-13;/h8-14,16-22H,1-7H3;4-7,9-11H,1-3H3;/q2*-1;/i;3D3,11D;. The Morgan fingerprint density at radius 3 is 2.15 bits per heavy atom. The number of rotatable bonds is 7. The third-order valence-electron chi connectivity index (χ3n) is 10.1. The summed E-state index contributed by atoms with van der Waals surface area (Å²) in [7, 11) is -1.40. The molecule has 0 saturated carbocycles. The molecule has 3 nitrogen and oxygen atoms in total. The quantitative estimate of drug-likeness (QED) is 0.118. The van der Waals surface area contributed by atoms with Crippen molar-refractivity contribution in [2.45, 2.75) is 85.8 Å². The monoisotopic (exact) mass is 938 g/mol. The zero-order valence-electron chi connectivity index (χ0n) is 37.1. The SMILES string of the molecule is CC(C)c1cccc(C(C)C)c1-n1c(-c2[c-]ccc3c2sc2cc([Si](C)(C)C)ccc23)nc2ccccc21.[2H]C([2H])([2H])c1cnc(-c2[c-]cccc2)cc1C([2H])(C)C.[Ir]. The van der Waals surface area contributed by atoms with Gasteiger partial charge < -0.3 is 9.55 Å². The number of para-hydroxylation sites is 3. The summed E-state index contributed by atoms with van der Waals surface area (Å²) in [6, 6.07) is 42.5. The maximum Gasteiger partial charge on any atom is 0.0776 e. The molecule has 0 saturated heterocycles. The number of benzene rings is 5. The van der Waals surface area contributed by atoms with Gasteiger partial charge in [-0.1, -0.05) is 126 Å². The van der Waals surface area contributed by atoms with Crippen molar-refractivity contribution < 1.29 is 25.6 Å². The first-order valence-corrected chi connectivity index (χ1v) is 23.1. The number of aryl methyl sites for hydroxylation is 1. The summed E-state index contributed by atoms with van der Waals surface area (Å²) < 4.78 is 35.9. The van der Waals surface area contributed by atoms with Crippen LogP contribution in [0.1, 0.15) is 87.0 Å². The third-order valence-corrected chi connectivity index (χ3v) is 13.3. The molecule has 3 heterocycles. The zero-order chi connectivity index (χ0) is 41.7. The number of pyridine rings is 1. The second-order valence-corrected chi connectivity index (χ2v) is 22.0. The fraction of sp³-hybridized carbons (Fsp3) is 0.265. The van der Waals surface area contributed by atoms with E-state index in [0.29, 0.717) is 23.1 Å². The summed E-state index contributed by atoms with van der Waals surface area (Å²) >= 11 is 1.89. The van der Waals surface area contributed by atoms with Gasteiger partial charge in [-0.25, -0.2) is 0 Å². The topological polar surface area (TPSA) is 30.7 Å². The molecule has 0 spiro atoms. The van der Waals surface area contributed by atoms with Gasteiger partial charge in [-0.05, 0) is 80.8 Å². The van der Waals surface area contributed by atoms with Crippen LogP contribution in [0.2, 0.25) is 19.6 Å². The number of aromatic nitrogens is 3. The van der Waals surface area contributed by atoms with Gasteiger partial charge in [-0.15, -0.1) is 54.1 Å². The first-order valence-electron chi connectivity index (χ1n) is 20.8. The zero-order valence-corrected chi connectivity index (χ0v) is 37.3. The molecule has 283 valence electrons. The van der Waals surface area contributed by atoms with Crippen LogP contribution in [0.4, 0.5) is 0 Å². The van der Waals surface area contributed by atoms with Crippen molar-refractivity contribution in [1.82, 2.24) is 14.5 Å². The number of hydrogen-bond acceptors (Lipinski definition) is 3. The molecule has 3 aromatic heterocycles. The maximum atomic E-state index is 8.16. The summed E-state index contributed by atoms with van der Waals surface area (Å²) in [6.45, 7) is 17.5. The van der Waals surface area contributed by atoms with Crippen molar-refractivity contribution in [2.24, 2.45) is 0 Å². The molecule has 0 atom stereocenters. The van der Waals surface area contributed by atoms with Gasteiger partial charge in [0.1, 0.15) is 0 Å². The minimum atomic E-state index is -2.26. The van der Waals surface area contributed by atoms with E-state index in [1.807, 2.05) is 29.5 Å². The fourth-order valence-electron chi connectivity index (χ4n) is 7.13. The normalized spacial score (nSPS) is 13.3. The van der Waals surface area contributed by atoms with E-state index in [9.17, 15) is 0 Å². The predicted octanol–water partition coefficient (Wildman–Crippen LogP) is 13.6. The van der Waals surface area contributed by atoms with Gasteiger partial charge in [0.05, 0.1) is 24.9 Å². The van der Waals surface area contributed by atoms with Crippen LogP contribution in [0.5, 0.6) is 0 Å². The van der Waals surface area contributed by atoms with E-state index < -0.39 is 20.8 Å². The van der Waals surface area contributed by atoms with E-state index in [1.54, 1.807) is 26.0 Å². The number of hydrogen-bond donors (Lipinski definition) is 0. The summed E-state index contributed by atoms with van der Waals surface area (Å²) in [5, 5.41) is 4.12. The Kier molecular flexibility index (Phi) is 10.6. The molecule has 8 aromatic rings. The van der Waals surface area contributed by atoms with E-state index in [-0.39, 0.29) is 25.7 Å². The average molecular weight is 938 g/mol. The van der Waals surface area contributed by atoms with Crippen molar-refractivity contribution in [2.75, 3.05) is 0 Å². The molecule has 0 aliphatic rings. The van der Waals surface area contributed by atoms with Crippen molar-refractivity contribution in [3.63, 3.8) is 0 Å². The van der Waals surface area contributed by atoms with Gasteiger partial charge >= 0.3 is 0 Å². The Morgan fingerprint density at radius 2 is 1.49 bits per heavy atom. The van der Waals surface area contributed by atoms with Gasteiger partial charge in [0.2, 0.25) is 0 Å². The Balaban J connectivity index is 0.000000236. The van der Waals surface area contributed by atoms with Crippen LogP contribution in [0.3, 0.4) is 0 Å². The number of imidazole rings is 1. The predicted molar refractivity (Wildman–Crippen MR) is 237 cm³/mol. The second-order valence-electron chi connectivity index (χ2n) is 15.9. The molecule has 0 N–H and O–H groups in total. The van der Waals surface area contributed by atoms with Crippen LogP contribution in [0.25, 0.3) is 59.5 Å². The van der Waals surface area contributed by atoms with Crippen molar-refractivity contribution in [1.29, 1.82) is 0 Å². The van der Waals surface area contributed by atoms with E-state index in [4.69, 9.17) is 10.5 Å². The van der Waals surface area contributed by atoms with Crippen LogP contribution in [-0.4, -0.2) is 22.6 Å². The van der Waals surface area contributed by atoms with Gasteiger partial charge in [-0.3, -0.25) is 4.98 Å². The molecule has 55 heavy (non-hydrogen) atoms. The van der Waals surface area contributed by atoms with Gasteiger partial charge in [0.25, 0.3) is 0 Å². The van der Waals surface area contributed by atoms with Gasteiger partial charge in [0.15, 0.2) is 0 Å². The molecular weight excluding hydrogens is 883 g/mol. The Morgan fingerprint density at radius 1 is 0.764 bits per heavy atom. The largest absolute Gasteiger partial charge is 0.333 e. The van der Waals surface area contributed by atoms with Crippen molar-refractivity contribution >= 4 is 55.8 Å². The van der Waals surface area contributed by atoms with Crippen LogP contribution >= 0.6 is 11.3 Å². The number of thiophene rings is 1. The molecule has 0 unspecified atom stereocenters. The van der Waals surface area contributed by atoms with E-state index in [2.05, 4.69) is 142 Å². The number of fused-ring (bicyclic) bond motifs is 4. The second kappa shape index (κ2) is 16.5. The molecule has 0 amide bonds. The minimum absolute atomic E-state index is 0. The Bertz CT molecular complexity index is 2730. The maximum absolute atomic E-state index is 8.16. The summed E-state index contributed by atoms with van der Waals surface area (Å²) in [6.07, 6.45) is 1.36. The third kappa shape index (κ3) is 8.06. The summed E-state index contributed by atoms with van der Waals surface area (Å²) in [5.74, 6) is 0.753. The number of nitrogens with zero attached hydrogens (tertiary/aromatic N) is 3. The molecule has 6 heteroatoms. The van der Waals surface area contributed by atoms with Crippen LogP contribution in [-0.2, 0) is 20.1 Å². The summed E-state index contributed by atoms with van der Waals surface area (Å²) in [4.78, 5) is 9.50. The van der Waals surface area contributed by atoms with E-state index in [1.165, 1.54) is 48.4 Å². The molecule has 0 aliphatic carbocycles. The molecule has 5 aromatic carbocycles. The molecule has 0 aliphatic heterocycles. The Labute approximate surface area is 351 Å². The van der Waals surface area contributed by atoms with Crippen molar-refractivity contribution in [3.8, 4) is 28.3 Å². The molecule has 1 radical (unpaired) electrons. The first kappa shape index (κ1) is 35.2. The fourth-order valence-corrected chi connectivity index (χ4v) is 9.63. The van der Waals surface area contributed by atoms with Crippen LogP contribution < -0.4 is 5.19 Å². The van der Waals surface area contributed by atoms with Gasteiger partial charge in [0, 0.05) is 42.2 Å². The van der Waals surface area contributed by atoms with Crippen LogP contribution in [0, 0.1) is 19.0 Å². The van der Waals surface area contributed by atoms with Gasteiger partial charge in [-0.2, -0.15) is 11.3 Å². The molecular formula is C49H51IrN3SSi-2. The van der Waals surface area contributed by atoms with E-state index in [0.717, 1.165) is 28.0 Å². The average Bonchev–Trinajstić information content (AvgIpc) is 3.75. The first-order chi connectivity index (χ1) is 27.3. The molecule has 0 bridgehead atoms. The van der Waals surface area contributed by atoms with E-state index >= 15 is 0 Å². The summed E-state index contributed by atoms with van der Waals surface area (Å²) in [5.41, 5.74) is 9.25. The minimum Gasteiger partial charge on any atom is -0.333 e. The molecule has 8 rings (SSSR count). The van der Waals surface area contributed by atoms with Crippen molar-refractivity contribution in [3.05, 3.63) is 144 Å². The van der Waals surface area contributed by atoms with Crippen LogP contribution in [0.15, 0.2) is 109 Å². The Hall–Kier alpha value is -4.19. The smallest absolute Gasteiger partial charge is 0.0776 e.